The maximum Gasteiger partial charge on any atom is 0.0641 e. The van der Waals surface area contributed by atoms with Crippen molar-refractivity contribution >= 4 is 0 Å². The Balaban J connectivity index is 1.90. The summed E-state index contributed by atoms with van der Waals surface area (Å²) in [7, 11) is 0. The Morgan fingerprint density at radius 1 is 1.47 bits per heavy atom. The third-order valence-corrected chi connectivity index (χ3v) is 3.55. The fourth-order valence-electron chi connectivity index (χ4n) is 2.49. The first kappa shape index (κ1) is 12.6. The van der Waals surface area contributed by atoms with E-state index < -0.39 is 0 Å². The summed E-state index contributed by atoms with van der Waals surface area (Å²) in [5.74, 6) is 0. The zero-order valence-electron chi connectivity index (χ0n) is 11.3. The van der Waals surface area contributed by atoms with Crippen molar-refractivity contribution in [1.29, 1.82) is 0 Å². The first-order valence-electron chi connectivity index (χ1n) is 6.36. The zero-order valence-corrected chi connectivity index (χ0v) is 11.3. The predicted octanol–water partition coefficient (Wildman–Crippen LogP) is 2.07. The van der Waals surface area contributed by atoms with Gasteiger partial charge in [-0.25, -0.2) is 0 Å². The van der Waals surface area contributed by atoms with Gasteiger partial charge in [-0.3, -0.25) is 5.10 Å². The van der Waals surface area contributed by atoms with E-state index in [1.165, 1.54) is 11.3 Å². The van der Waals surface area contributed by atoms with E-state index in [1.807, 2.05) is 0 Å². The number of aromatic amines is 1. The smallest absolute Gasteiger partial charge is 0.0641 e. The molecule has 0 aliphatic carbocycles. The van der Waals surface area contributed by atoms with Gasteiger partial charge in [0.25, 0.3) is 0 Å². The van der Waals surface area contributed by atoms with Crippen molar-refractivity contribution < 1.29 is 4.74 Å². The molecule has 1 atom stereocenters. The summed E-state index contributed by atoms with van der Waals surface area (Å²) >= 11 is 0. The van der Waals surface area contributed by atoms with Crippen molar-refractivity contribution in [2.75, 3.05) is 6.61 Å². The van der Waals surface area contributed by atoms with Gasteiger partial charge < -0.3 is 10.1 Å². The number of rotatable bonds is 3. The average molecular weight is 237 g/mol. The molecular weight excluding hydrogens is 214 g/mol. The molecule has 2 heterocycles. The van der Waals surface area contributed by atoms with Crippen LogP contribution < -0.4 is 5.32 Å². The van der Waals surface area contributed by atoms with Crippen molar-refractivity contribution in [3.63, 3.8) is 0 Å². The highest BCUT2D eigenvalue weighted by Gasteiger charge is 2.28. The van der Waals surface area contributed by atoms with Gasteiger partial charge in [-0.2, -0.15) is 5.10 Å². The van der Waals surface area contributed by atoms with Gasteiger partial charge in [0, 0.05) is 30.5 Å². The molecule has 1 unspecified atom stereocenters. The fourth-order valence-corrected chi connectivity index (χ4v) is 2.49. The Bertz CT molecular complexity index is 365. The summed E-state index contributed by atoms with van der Waals surface area (Å²) in [4.78, 5) is 0. The van der Waals surface area contributed by atoms with Gasteiger partial charge in [-0.15, -0.1) is 0 Å². The van der Waals surface area contributed by atoms with Crippen molar-refractivity contribution in [1.82, 2.24) is 15.5 Å². The molecule has 1 aliphatic rings. The van der Waals surface area contributed by atoms with E-state index in [1.54, 1.807) is 0 Å². The van der Waals surface area contributed by atoms with Gasteiger partial charge in [0.05, 0.1) is 11.3 Å². The van der Waals surface area contributed by atoms with Gasteiger partial charge in [0.2, 0.25) is 0 Å². The zero-order chi connectivity index (χ0) is 12.5. The maximum atomic E-state index is 5.72. The van der Waals surface area contributed by atoms with Crippen LogP contribution in [0.2, 0.25) is 0 Å². The molecule has 4 heteroatoms. The Hall–Kier alpha value is -0.870. The summed E-state index contributed by atoms with van der Waals surface area (Å²) in [5.41, 5.74) is 3.58. The molecule has 1 saturated heterocycles. The highest BCUT2D eigenvalue weighted by Crippen LogP contribution is 2.24. The Labute approximate surface area is 103 Å². The Morgan fingerprint density at radius 2 is 2.24 bits per heavy atom. The fraction of sp³-hybridized carbons (Fsp3) is 0.769. The highest BCUT2D eigenvalue weighted by atomic mass is 16.5. The number of ether oxygens (including phenoxy) is 1. The molecule has 96 valence electrons. The van der Waals surface area contributed by atoms with E-state index in [4.69, 9.17) is 4.74 Å². The highest BCUT2D eigenvalue weighted by molar-refractivity contribution is 5.22. The molecule has 1 aromatic rings. The number of aromatic nitrogens is 2. The summed E-state index contributed by atoms with van der Waals surface area (Å²) in [6.07, 6.45) is 2.17. The third-order valence-electron chi connectivity index (χ3n) is 3.55. The molecule has 2 rings (SSSR count). The number of hydrogen-bond acceptors (Lipinski definition) is 3. The minimum atomic E-state index is 0.0103. The molecule has 1 aromatic heterocycles. The van der Waals surface area contributed by atoms with E-state index in [0.29, 0.717) is 6.04 Å². The minimum absolute atomic E-state index is 0.0103. The Kier molecular flexibility index (Phi) is 3.54. The van der Waals surface area contributed by atoms with Gasteiger partial charge in [0.15, 0.2) is 0 Å². The molecule has 0 saturated carbocycles. The van der Waals surface area contributed by atoms with Crippen LogP contribution in [0.4, 0.5) is 0 Å². The molecular formula is C13H23N3O. The molecule has 17 heavy (non-hydrogen) atoms. The number of aryl methyl sites for hydroxylation is 2. The van der Waals surface area contributed by atoms with Crippen LogP contribution in [-0.2, 0) is 11.3 Å². The summed E-state index contributed by atoms with van der Waals surface area (Å²) in [6, 6.07) is 0.549. The van der Waals surface area contributed by atoms with Gasteiger partial charge in [-0.1, -0.05) is 0 Å². The largest absolute Gasteiger partial charge is 0.375 e. The van der Waals surface area contributed by atoms with Crippen molar-refractivity contribution in [3.05, 3.63) is 17.0 Å². The van der Waals surface area contributed by atoms with Gasteiger partial charge in [0.1, 0.15) is 0 Å². The first-order chi connectivity index (χ1) is 7.98. The standard InChI is InChI=1S/C13H23N3O/c1-9-12(10(2)16-15-9)8-14-11-5-6-17-13(3,4)7-11/h11,14H,5-8H2,1-4H3,(H,15,16). The minimum Gasteiger partial charge on any atom is -0.375 e. The maximum absolute atomic E-state index is 5.72. The molecule has 0 aromatic carbocycles. The topological polar surface area (TPSA) is 49.9 Å². The van der Waals surface area contributed by atoms with Crippen molar-refractivity contribution in [2.24, 2.45) is 0 Å². The van der Waals surface area contributed by atoms with Gasteiger partial charge >= 0.3 is 0 Å². The van der Waals surface area contributed by atoms with Crippen LogP contribution in [0.15, 0.2) is 0 Å². The normalized spacial score (nSPS) is 23.9. The molecule has 0 amide bonds. The monoisotopic (exact) mass is 237 g/mol. The van der Waals surface area contributed by atoms with E-state index in [0.717, 1.165) is 31.7 Å². The van der Waals surface area contributed by atoms with Crippen molar-refractivity contribution in [3.8, 4) is 0 Å². The molecule has 0 bridgehead atoms. The number of nitrogens with zero attached hydrogens (tertiary/aromatic N) is 1. The van der Waals surface area contributed by atoms with Crippen LogP contribution in [0.25, 0.3) is 0 Å². The molecule has 0 spiro atoms. The molecule has 1 fully saturated rings. The van der Waals surface area contributed by atoms with E-state index in [9.17, 15) is 0 Å². The number of hydrogen-bond donors (Lipinski definition) is 2. The van der Waals surface area contributed by atoms with Crippen LogP contribution >= 0.6 is 0 Å². The summed E-state index contributed by atoms with van der Waals surface area (Å²) in [6.45, 7) is 10.2. The van der Waals surface area contributed by atoms with Crippen LogP contribution in [0.1, 0.15) is 43.6 Å². The average Bonchev–Trinajstić information content (AvgIpc) is 2.55. The molecule has 1 aliphatic heterocycles. The molecule has 4 nitrogen and oxygen atoms in total. The van der Waals surface area contributed by atoms with Crippen LogP contribution in [0.3, 0.4) is 0 Å². The summed E-state index contributed by atoms with van der Waals surface area (Å²) < 4.78 is 5.72. The lowest BCUT2D eigenvalue weighted by Gasteiger charge is -2.36. The van der Waals surface area contributed by atoms with Crippen LogP contribution in [0.5, 0.6) is 0 Å². The lowest BCUT2D eigenvalue weighted by molar-refractivity contribution is -0.0630. The number of H-pyrrole nitrogens is 1. The van der Waals surface area contributed by atoms with E-state index in [2.05, 4.69) is 43.2 Å². The predicted molar refractivity (Wildman–Crippen MR) is 68.0 cm³/mol. The second-order valence-electron chi connectivity index (χ2n) is 5.59. The Morgan fingerprint density at radius 3 is 2.82 bits per heavy atom. The second kappa shape index (κ2) is 4.78. The van der Waals surface area contributed by atoms with Crippen LogP contribution in [-0.4, -0.2) is 28.4 Å². The lowest BCUT2D eigenvalue weighted by Crippen LogP contribution is -2.43. The summed E-state index contributed by atoms with van der Waals surface area (Å²) in [5, 5.41) is 10.9. The SMILES string of the molecule is Cc1n[nH]c(C)c1CNC1CCOC(C)(C)C1. The van der Waals surface area contributed by atoms with Crippen LogP contribution in [0, 0.1) is 13.8 Å². The van der Waals surface area contributed by atoms with Crippen molar-refractivity contribution in [2.45, 2.75) is 58.7 Å². The first-order valence-corrected chi connectivity index (χ1v) is 6.36. The van der Waals surface area contributed by atoms with E-state index in [-0.39, 0.29) is 5.60 Å². The third kappa shape index (κ3) is 3.07. The molecule has 2 N–H and O–H groups in total. The van der Waals surface area contributed by atoms with E-state index >= 15 is 0 Å². The lowest BCUT2D eigenvalue weighted by atomic mass is 9.94. The second-order valence-corrected chi connectivity index (χ2v) is 5.59. The number of nitrogens with one attached hydrogen (secondary N) is 2. The quantitative estimate of drug-likeness (QED) is 0.846. The van der Waals surface area contributed by atoms with Gasteiger partial charge in [-0.05, 0) is 40.5 Å². The molecule has 0 radical (unpaired) electrons.